The minimum atomic E-state index is -0.303. The van der Waals surface area contributed by atoms with Gasteiger partial charge in [-0.25, -0.2) is 4.98 Å². The van der Waals surface area contributed by atoms with Crippen LogP contribution >= 0.6 is 23.4 Å². The predicted octanol–water partition coefficient (Wildman–Crippen LogP) is 2.93. The van der Waals surface area contributed by atoms with E-state index in [9.17, 15) is 4.79 Å². The molecule has 0 radical (unpaired) electrons. The maximum absolute atomic E-state index is 12.0. The van der Waals surface area contributed by atoms with Crippen molar-refractivity contribution in [3.63, 3.8) is 0 Å². The number of nitrogens with zero attached hydrogens (tertiary/aromatic N) is 3. The standard InChI is InChI=1S/C15H12ClN5OS/c16-10-3-1-2-4-12(10)23-14-6-5-11(20-21-14)15(22)19-9-13-17-7-8-18-13/h1-8H,9H2,(H,17,18)(H,19,22). The maximum Gasteiger partial charge on any atom is 0.272 e. The lowest BCUT2D eigenvalue weighted by Crippen LogP contribution is -2.24. The van der Waals surface area contributed by atoms with Crippen molar-refractivity contribution in [3.05, 3.63) is 65.3 Å². The molecule has 6 nitrogen and oxygen atoms in total. The Balaban J connectivity index is 1.62. The number of hydrogen-bond donors (Lipinski definition) is 2. The molecule has 0 saturated carbocycles. The van der Waals surface area contributed by atoms with Crippen molar-refractivity contribution in [2.75, 3.05) is 0 Å². The second-order valence-electron chi connectivity index (χ2n) is 4.51. The van der Waals surface area contributed by atoms with Crippen molar-refractivity contribution >= 4 is 29.3 Å². The van der Waals surface area contributed by atoms with E-state index in [1.807, 2.05) is 24.3 Å². The molecular formula is C15H12ClN5OS. The van der Waals surface area contributed by atoms with Gasteiger partial charge in [0.25, 0.3) is 5.91 Å². The van der Waals surface area contributed by atoms with Gasteiger partial charge in [0.15, 0.2) is 5.69 Å². The number of aromatic amines is 1. The summed E-state index contributed by atoms with van der Waals surface area (Å²) in [6.07, 6.45) is 3.32. The first-order chi connectivity index (χ1) is 11.2. The van der Waals surface area contributed by atoms with Gasteiger partial charge >= 0.3 is 0 Å². The number of aromatic nitrogens is 4. The third-order valence-electron chi connectivity index (χ3n) is 2.90. The zero-order chi connectivity index (χ0) is 16.1. The molecule has 0 fully saturated rings. The van der Waals surface area contributed by atoms with Crippen LogP contribution in [0.1, 0.15) is 16.3 Å². The molecule has 0 atom stereocenters. The summed E-state index contributed by atoms with van der Waals surface area (Å²) in [6.45, 7) is 0.309. The molecule has 1 amide bonds. The van der Waals surface area contributed by atoms with E-state index >= 15 is 0 Å². The van der Waals surface area contributed by atoms with Gasteiger partial charge in [-0.3, -0.25) is 4.79 Å². The average molecular weight is 346 g/mol. The number of carbonyl (C=O) groups is 1. The topological polar surface area (TPSA) is 83.6 Å². The molecular weight excluding hydrogens is 334 g/mol. The highest BCUT2D eigenvalue weighted by Gasteiger charge is 2.10. The Morgan fingerprint density at radius 1 is 1.22 bits per heavy atom. The molecule has 3 aromatic rings. The lowest BCUT2D eigenvalue weighted by Gasteiger charge is -2.04. The van der Waals surface area contributed by atoms with Crippen molar-refractivity contribution in [1.29, 1.82) is 0 Å². The zero-order valence-corrected chi connectivity index (χ0v) is 13.4. The van der Waals surface area contributed by atoms with Gasteiger partial charge in [-0.2, -0.15) is 0 Å². The van der Waals surface area contributed by atoms with E-state index < -0.39 is 0 Å². The SMILES string of the molecule is O=C(NCc1ncc[nH]1)c1ccc(Sc2ccccc2Cl)nn1. The van der Waals surface area contributed by atoms with Gasteiger partial charge in [0, 0.05) is 17.3 Å². The molecule has 2 N–H and O–H groups in total. The average Bonchev–Trinajstić information content (AvgIpc) is 3.09. The van der Waals surface area contributed by atoms with Crippen LogP contribution in [0.2, 0.25) is 5.02 Å². The molecule has 0 spiro atoms. The molecule has 116 valence electrons. The smallest absolute Gasteiger partial charge is 0.272 e. The quantitative estimate of drug-likeness (QED) is 0.742. The van der Waals surface area contributed by atoms with E-state index in [1.54, 1.807) is 24.5 Å². The number of halogens is 1. The van der Waals surface area contributed by atoms with Gasteiger partial charge in [0.1, 0.15) is 10.9 Å². The Bertz CT molecular complexity index is 792. The van der Waals surface area contributed by atoms with Crippen LogP contribution in [-0.4, -0.2) is 26.1 Å². The number of hydrogen-bond acceptors (Lipinski definition) is 5. The summed E-state index contributed by atoms with van der Waals surface area (Å²) < 4.78 is 0. The second kappa shape index (κ2) is 7.26. The fourth-order valence-corrected chi connectivity index (χ4v) is 2.79. The largest absolute Gasteiger partial charge is 0.347 e. The first-order valence-electron chi connectivity index (χ1n) is 6.75. The van der Waals surface area contributed by atoms with E-state index in [0.29, 0.717) is 22.4 Å². The van der Waals surface area contributed by atoms with Crippen LogP contribution in [0.4, 0.5) is 0 Å². The molecule has 0 aliphatic rings. The number of H-pyrrole nitrogens is 1. The molecule has 3 rings (SSSR count). The highest BCUT2D eigenvalue weighted by atomic mass is 35.5. The van der Waals surface area contributed by atoms with E-state index in [1.165, 1.54) is 11.8 Å². The Morgan fingerprint density at radius 2 is 2.09 bits per heavy atom. The van der Waals surface area contributed by atoms with Gasteiger partial charge in [0.2, 0.25) is 0 Å². The first kappa shape index (κ1) is 15.5. The fraction of sp³-hybridized carbons (Fsp3) is 0.0667. The number of benzene rings is 1. The van der Waals surface area contributed by atoms with E-state index in [0.717, 1.165) is 4.90 Å². The summed E-state index contributed by atoms with van der Waals surface area (Å²) in [5.74, 6) is 0.375. The number of carbonyl (C=O) groups excluding carboxylic acids is 1. The van der Waals surface area contributed by atoms with Crippen LogP contribution < -0.4 is 5.32 Å². The lowest BCUT2D eigenvalue weighted by molar-refractivity contribution is 0.0943. The van der Waals surface area contributed by atoms with Gasteiger partial charge in [-0.05, 0) is 24.3 Å². The third-order valence-corrected chi connectivity index (χ3v) is 4.34. The van der Waals surface area contributed by atoms with Crippen molar-refractivity contribution in [2.45, 2.75) is 16.5 Å². The van der Waals surface area contributed by atoms with Crippen LogP contribution in [0.15, 0.2) is 58.7 Å². The Kier molecular flexibility index (Phi) is 4.89. The summed E-state index contributed by atoms with van der Waals surface area (Å²) in [4.78, 5) is 19.8. The summed E-state index contributed by atoms with van der Waals surface area (Å²) in [5, 5.41) is 12.0. The monoisotopic (exact) mass is 345 g/mol. The van der Waals surface area contributed by atoms with Crippen LogP contribution in [0.25, 0.3) is 0 Å². The second-order valence-corrected chi connectivity index (χ2v) is 5.98. The van der Waals surface area contributed by atoms with E-state index in [4.69, 9.17) is 11.6 Å². The van der Waals surface area contributed by atoms with E-state index in [-0.39, 0.29) is 11.6 Å². The van der Waals surface area contributed by atoms with Crippen molar-refractivity contribution in [2.24, 2.45) is 0 Å². The molecule has 2 heterocycles. The molecule has 1 aromatic carbocycles. The predicted molar refractivity (Wildman–Crippen MR) is 87.4 cm³/mol. The normalized spacial score (nSPS) is 10.5. The van der Waals surface area contributed by atoms with Crippen LogP contribution in [0.5, 0.6) is 0 Å². The zero-order valence-electron chi connectivity index (χ0n) is 11.9. The number of imidazole rings is 1. The summed E-state index contributed by atoms with van der Waals surface area (Å²) >= 11 is 7.50. The molecule has 0 aliphatic carbocycles. The van der Waals surface area contributed by atoms with Gasteiger partial charge < -0.3 is 10.3 Å². The molecule has 0 bridgehead atoms. The maximum atomic E-state index is 12.0. The summed E-state index contributed by atoms with van der Waals surface area (Å²) in [5.41, 5.74) is 0.250. The fourth-order valence-electron chi connectivity index (χ4n) is 1.78. The molecule has 0 aliphatic heterocycles. The first-order valence-corrected chi connectivity index (χ1v) is 7.94. The van der Waals surface area contributed by atoms with Crippen LogP contribution in [0.3, 0.4) is 0 Å². The van der Waals surface area contributed by atoms with E-state index in [2.05, 4.69) is 25.5 Å². The minimum absolute atomic E-state index is 0.250. The molecule has 8 heteroatoms. The highest BCUT2D eigenvalue weighted by molar-refractivity contribution is 7.99. The van der Waals surface area contributed by atoms with Crippen molar-refractivity contribution < 1.29 is 4.79 Å². The molecule has 2 aromatic heterocycles. The molecule has 0 saturated heterocycles. The van der Waals surface area contributed by atoms with Crippen molar-refractivity contribution in [1.82, 2.24) is 25.5 Å². The van der Waals surface area contributed by atoms with Gasteiger partial charge in [-0.15, -0.1) is 10.2 Å². The van der Waals surface area contributed by atoms with Gasteiger partial charge in [0.05, 0.1) is 11.6 Å². The Labute approximate surface area is 141 Å². The van der Waals surface area contributed by atoms with Crippen molar-refractivity contribution in [3.8, 4) is 0 Å². The third kappa shape index (κ3) is 4.08. The Hall–Kier alpha value is -2.38. The summed E-state index contributed by atoms with van der Waals surface area (Å²) in [7, 11) is 0. The van der Waals surface area contributed by atoms with Gasteiger partial charge in [-0.1, -0.05) is 35.5 Å². The Morgan fingerprint density at radius 3 is 2.78 bits per heavy atom. The molecule has 0 unspecified atom stereocenters. The van der Waals surface area contributed by atoms with Crippen LogP contribution in [-0.2, 0) is 6.54 Å². The number of nitrogens with one attached hydrogen (secondary N) is 2. The summed E-state index contributed by atoms with van der Waals surface area (Å²) in [6, 6.07) is 10.8. The van der Waals surface area contributed by atoms with Crippen LogP contribution in [0, 0.1) is 0 Å². The number of rotatable bonds is 5. The highest BCUT2D eigenvalue weighted by Crippen LogP contribution is 2.31. The molecule has 23 heavy (non-hydrogen) atoms. The minimum Gasteiger partial charge on any atom is -0.347 e. The number of amides is 1. The lowest BCUT2D eigenvalue weighted by atomic mass is 10.3.